The lowest BCUT2D eigenvalue weighted by Crippen LogP contribution is -2.43. The maximum atomic E-state index is 17.8. The number of hydrogen-bond acceptors (Lipinski definition) is 10. The normalized spacial score (nSPS) is 24.0. The first-order valence-electron chi connectivity index (χ1n) is 18.9. The molecule has 3 fully saturated rings. The van der Waals surface area contributed by atoms with Crippen molar-refractivity contribution in [2.75, 3.05) is 57.4 Å². The molecule has 1 aromatic heterocycles. The Morgan fingerprint density at radius 1 is 1.13 bits per heavy atom. The summed E-state index contributed by atoms with van der Waals surface area (Å²) in [5, 5.41) is 33.3. The van der Waals surface area contributed by atoms with Crippen molar-refractivity contribution in [2.45, 2.75) is 84.5 Å². The van der Waals surface area contributed by atoms with Crippen LogP contribution in [0.2, 0.25) is 0 Å². The molecule has 7 rings (SSSR count). The van der Waals surface area contributed by atoms with Crippen LogP contribution in [0.3, 0.4) is 0 Å². The van der Waals surface area contributed by atoms with Gasteiger partial charge in [-0.3, -0.25) is 4.99 Å². The lowest BCUT2D eigenvalue weighted by atomic mass is 9.81. The van der Waals surface area contributed by atoms with E-state index in [0.29, 0.717) is 70.7 Å². The zero-order valence-corrected chi connectivity index (χ0v) is 31.4. The van der Waals surface area contributed by atoms with Gasteiger partial charge in [-0.1, -0.05) is 19.1 Å². The number of anilines is 1. The van der Waals surface area contributed by atoms with E-state index in [1.165, 1.54) is 12.1 Å². The van der Waals surface area contributed by atoms with Gasteiger partial charge in [0.05, 0.1) is 43.7 Å². The van der Waals surface area contributed by atoms with E-state index in [0.717, 1.165) is 45.3 Å². The largest absolute Gasteiger partial charge is 0.508 e. The first kappa shape index (κ1) is 37.3. The number of nitrogens with zero attached hydrogens (tertiary/aromatic N) is 5. The standard InChI is InChI=1S/C41H51F2N5O5/c1-6-28-31(42)9-8-25-18-27(50)19-30(32(25)28)33-35(43)37-34(29(7-2)36(33)44-24(3)4)38(48-16-17-52-22-40(5,51)20-48)46-39(45-37)53-23-41(12-13-41)21-47-14-10-26(49)11-15-47/h7-9,18-19,24,26,49-51H,6,10-17,20-23H2,1-5H3/b29-7-,44-36?. The Kier molecular flexibility index (Phi) is 10.4. The highest BCUT2D eigenvalue weighted by Gasteiger charge is 2.46. The number of β-amino-alcohol motifs (C(OH)–C–C–N with tert-alkyl or cyclic N) is 1. The van der Waals surface area contributed by atoms with Crippen LogP contribution in [0.25, 0.3) is 27.7 Å². The van der Waals surface area contributed by atoms with Crippen LogP contribution in [0.4, 0.5) is 14.6 Å². The Morgan fingerprint density at radius 2 is 1.89 bits per heavy atom. The molecule has 4 aliphatic rings. The fourth-order valence-corrected chi connectivity index (χ4v) is 8.04. The van der Waals surface area contributed by atoms with Gasteiger partial charge in [0, 0.05) is 48.8 Å². The molecule has 3 heterocycles. The van der Waals surface area contributed by atoms with Crippen LogP contribution in [0.15, 0.2) is 35.3 Å². The molecule has 0 radical (unpaired) electrons. The van der Waals surface area contributed by atoms with Crippen LogP contribution in [0, 0.1) is 11.2 Å². The summed E-state index contributed by atoms with van der Waals surface area (Å²) < 4.78 is 45.4. The van der Waals surface area contributed by atoms with E-state index in [2.05, 4.69) is 4.90 Å². The van der Waals surface area contributed by atoms with Gasteiger partial charge in [-0.2, -0.15) is 9.97 Å². The minimum absolute atomic E-state index is 0.00132. The number of aliphatic imine (C=N–C) groups is 1. The molecule has 0 amide bonds. The molecule has 2 aliphatic carbocycles. The number of aromatic nitrogens is 2. The van der Waals surface area contributed by atoms with Crippen LogP contribution < -0.4 is 9.64 Å². The minimum Gasteiger partial charge on any atom is -0.508 e. The molecular weight excluding hydrogens is 680 g/mol. The van der Waals surface area contributed by atoms with Crippen molar-refractivity contribution in [1.82, 2.24) is 14.9 Å². The van der Waals surface area contributed by atoms with Crippen LogP contribution in [0.1, 0.15) is 82.7 Å². The number of phenolic OH excluding ortho intramolecular Hbond substituents is 1. The molecule has 2 aliphatic heterocycles. The number of aryl methyl sites for hydroxylation is 1. The van der Waals surface area contributed by atoms with E-state index in [1.54, 1.807) is 19.1 Å². The Labute approximate surface area is 309 Å². The zero-order chi connectivity index (χ0) is 37.7. The minimum atomic E-state index is -1.21. The van der Waals surface area contributed by atoms with Gasteiger partial charge in [-0.25, -0.2) is 8.78 Å². The molecular formula is C41H51F2N5O5. The van der Waals surface area contributed by atoms with Crippen LogP contribution >= 0.6 is 0 Å². The number of aliphatic hydroxyl groups excluding tert-OH is 1. The Hall–Kier alpha value is -3.97. The summed E-state index contributed by atoms with van der Waals surface area (Å²) in [5.41, 5.74) is 0.859. The predicted octanol–water partition coefficient (Wildman–Crippen LogP) is 6.34. The van der Waals surface area contributed by atoms with Crippen molar-refractivity contribution < 1.29 is 33.6 Å². The average Bonchev–Trinajstić information content (AvgIpc) is 3.91. The molecule has 53 heavy (non-hydrogen) atoms. The Morgan fingerprint density at radius 3 is 2.57 bits per heavy atom. The van der Waals surface area contributed by atoms with Gasteiger partial charge in [-0.15, -0.1) is 0 Å². The molecule has 284 valence electrons. The topological polar surface area (TPSA) is 124 Å². The molecule has 0 bridgehead atoms. The highest BCUT2D eigenvalue weighted by Crippen LogP contribution is 2.49. The number of hydrogen-bond donors (Lipinski definition) is 3. The van der Waals surface area contributed by atoms with Crippen molar-refractivity contribution in [1.29, 1.82) is 0 Å². The number of fused-ring (bicyclic) bond motifs is 2. The fourth-order valence-electron chi connectivity index (χ4n) is 8.04. The number of halogens is 2. The number of piperidine rings is 1. The van der Waals surface area contributed by atoms with Gasteiger partial charge >= 0.3 is 6.01 Å². The van der Waals surface area contributed by atoms with Gasteiger partial charge < -0.3 is 34.6 Å². The highest BCUT2D eigenvalue weighted by atomic mass is 19.1. The number of rotatable bonds is 9. The van der Waals surface area contributed by atoms with Crippen molar-refractivity contribution in [2.24, 2.45) is 10.4 Å². The van der Waals surface area contributed by atoms with Crippen molar-refractivity contribution in [3.63, 3.8) is 0 Å². The van der Waals surface area contributed by atoms with Crippen LogP contribution in [0.5, 0.6) is 11.8 Å². The molecule has 12 heteroatoms. The molecule has 1 atom stereocenters. The van der Waals surface area contributed by atoms with Crippen LogP contribution in [-0.4, -0.2) is 106 Å². The first-order valence-corrected chi connectivity index (χ1v) is 18.9. The molecule has 0 spiro atoms. The van der Waals surface area contributed by atoms with E-state index in [1.807, 2.05) is 38.7 Å². The lowest BCUT2D eigenvalue weighted by molar-refractivity contribution is -0.0123. The molecule has 1 saturated carbocycles. The second kappa shape index (κ2) is 14.7. The van der Waals surface area contributed by atoms with E-state index in [4.69, 9.17) is 24.4 Å². The molecule has 1 unspecified atom stereocenters. The molecule has 3 N–H and O–H groups in total. The monoisotopic (exact) mass is 731 g/mol. The summed E-state index contributed by atoms with van der Waals surface area (Å²) in [6, 6.07) is 5.75. The summed E-state index contributed by atoms with van der Waals surface area (Å²) in [6.07, 6.45) is 5.41. The van der Waals surface area contributed by atoms with E-state index in [-0.39, 0.29) is 53.7 Å². The summed E-state index contributed by atoms with van der Waals surface area (Å²) in [6.45, 7) is 13.0. The predicted molar refractivity (Wildman–Crippen MR) is 204 cm³/mol. The summed E-state index contributed by atoms with van der Waals surface area (Å²) in [5.74, 6) is -0.799. The zero-order valence-electron chi connectivity index (χ0n) is 31.4. The summed E-state index contributed by atoms with van der Waals surface area (Å²) in [7, 11) is 0. The number of aliphatic hydroxyl groups is 2. The number of phenols is 1. The number of likely N-dealkylation sites (tertiary alicyclic amines) is 1. The second-order valence-corrected chi connectivity index (χ2v) is 15.8. The Balaban J connectivity index is 1.42. The first-order chi connectivity index (χ1) is 25.3. The van der Waals surface area contributed by atoms with Crippen LogP contribution in [-0.2, 0) is 11.2 Å². The average molecular weight is 732 g/mol. The maximum Gasteiger partial charge on any atom is 0.319 e. The van der Waals surface area contributed by atoms with Crippen molar-refractivity contribution in [3.05, 3.63) is 58.5 Å². The van der Waals surface area contributed by atoms with Gasteiger partial charge in [0.25, 0.3) is 0 Å². The van der Waals surface area contributed by atoms with E-state index >= 15 is 8.78 Å². The second-order valence-electron chi connectivity index (χ2n) is 15.8. The van der Waals surface area contributed by atoms with Gasteiger partial charge in [-0.05, 0) is 99.9 Å². The van der Waals surface area contributed by atoms with E-state index in [9.17, 15) is 15.3 Å². The third-order valence-electron chi connectivity index (χ3n) is 10.8. The molecule has 2 saturated heterocycles. The van der Waals surface area contributed by atoms with Crippen molar-refractivity contribution in [3.8, 4) is 11.8 Å². The molecule has 2 aromatic carbocycles. The van der Waals surface area contributed by atoms with Gasteiger partial charge in [0.1, 0.15) is 28.7 Å². The number of ether oxygens (including phenoxy) is 2. The third kappa shape index (κ3) is 7.56. The molecule has 10 nitrogen and oxygen atoms in total. The number of benzene rings is 2. The summed E-state index contributed by atoms with van der Waals surface area (Å²) >= 11 is 0. The van der Waals surface area contributed by atoms with E-state index < -0.39 is 17.2 Å². The number of allylic oxidation sites excluding steroid dienone is 3. The number of aromatic hydroxyl groups is 1. The quantitative estimate of drug-likeness (QED) is 0.231. The molecule has 3 aromatic rings. The fraction of sp³-hybridized carbons (Fsp3) is 0.537. The SMILES string of the molecule is C/C=C1\C(=NC(C)C)C(c2cc(O)cc3ccc(F)c(CC)c23)=C(F)c2nc(OCC3(CN4CCC(O)CC4)CC3)nc(N3CCOCC(C)(O)C3)c21. The summed E-state index contributed by atoms with van der Waals surface area (Å²) in [4.78, 5) is 19.0. The van der Waals surface area contributed by atoms with Gasteiger partial charge in [0.15, 0.2) is 5.83 Å². The maximum absolute atomic E-state index is 17.8. The third-order valence-corrected chi connectivity index (χ3v) is 10.8. The Bertz CT molecular complexity index is 1980. The highest BCUT2D eigenvalue weighted by molar-refractivity contribution is 6.51. The van der Waals surface area contributed by atoms with Gasteiger partial charge in [0.2, 0.25) is 0 Å². The lowest BCUT2D eigenvalue weighted by Gasteiger charge is -2.33. The van der Waals surface area contributed by atoms with Crippen molar-refractivity contribution >= 4 is 39.3 Å². The smallest absolute Gasteiger partial charge is 0.319 e.